The molecule has 0 aliphatic heterocycles. The third-order valence-electron chi connectivity index (χ3n) is 4.05. The zero-order valence-corrected chi connectivity index (χ0v) is 16.5. The van der Waals surface area contributed by atoms with Crippen LogP contribution in [0.15, 0.2) is 30.6 Å². The highest BCUT2D eigenvalue weighted by Gasteiger charge is 1.98. The van der Waals surface area contributed by atoms with Gasteiger partial charge in [0, 0.05) is 18.6 Å². The molecule has 5 nitrogen and oxygen atoms in total. The van der Waals surface area contributed by atoms with Crippen LogP contribution in [-0.2, 0) is 16.9 Å². The Labute approximate surface area is 154 Å². The molecule has 2 N–H and O–H groups in total. The molecule has 0 aromatic carbocycles. The highest BCUT2D eigenvalue weighted by molar-refractivity contribution is 7.79. The van der Waals surface area contributed by atoms with Crippen molar-refractivity contribution in [1.82, 2.24) is 0 Å². The van der Waals surface area contributed by atoms with Gasteiger partial charge in [-0.3, -0.25) is 9.11 Å². The van der Waals surface area contributed by atoms with Gasteiger partial charge in [-0.05, 0) is 6.42 Å². The Morgan fingerprint density at radius 3 is 1.44 bits per heavy atom. The number of unbranched alkanes of at least 4 members (excludes halogenated alkanes) is 11. The van der Waals surface area contributed by atoms with Crippen LogP contribution in [0.3, 0.4) is 0 Å². The minimum Gasteiger partial charge on any atom is -0.264 e. The molecule has 146 valence electrons. The lowest BCUT2D eigenvalue weighted by Crippen LogP contribution is -2.32. The van der Waals surface area contributed by atoms with E-state index in [1.807, 2.05) is 0 Å². The second kappa shape index (κ2) is 16.5. The van der Waals surface area contributed by atoms with E-state index in [-0.39, 0.29) is 0 Å². The summed E-state index contributed by atoms with van der Waals surface area (Å²) in [6, 6.07) is 6.31. The standard InChI is InChI=1S/C19H34N.H2O4S/c1-2-3-4-5-6-7-8-9-10-11-12-14-17-20-18-15-13-16-19-20;1-5(2,3)4/h13,15-16,18-19H,2-12,14,17H2,1H3;(H2,1,2,3,4)/q+1;. The van der Waals surface area contributed by atoms with Gasteiger partial charge in [-0.2, -0.15) is 8.42 Å². The first-order valence-electron chi connectivity index (χ1n) is 9.57. The summed E-state index contributed by atoms with van der Waals surface area (Å²) in [4.78, 5) is 0. The van der Waals surface area contributed by atoms with Crippen molar-refractivity contribution in [1.29, 1.82) is 0 Å². The number of hydrogen-bond donors (Lipinski definition) is 2. The van der Waals surface area contributed by atoms with Crippen molar-refractivity contribution in [2.75, 3.05) is 0 Å². The SMILES string of the molecule is CCCCCCCCCCCCCC[n+]1ccccc1.O=S(=O)(O)O. The fourth-order valence-electron chi connectivity index (χ4n) is 2.72. The topological polar surface area (TPSA) is 78.5 Å². The summed E-state index contributed by atoms with van der Waals surface area (Å²) < 4.78 is 33.9. The number of aromatic nitrogens is 1. The average molecular weight is 375 g/mol. The first-order chi connectivity index (χ1) is 11.9. The maximum absolute atomic E-state index is 8.74. The van der Waals surface area contributed by atoms with Crippen LogP contribution < -0.4 is 4.57 Å². The lowest BCUT2D eigenvalue weighted by molar-refractivity contribution is -0.697. The number of pyridine rings is 1. The molecule has 0 saturated carbocycles. The predicted molar refractivity (Wildman–Crippen MR) is 102 cm³/mol. The van der Waals surface area contributed by atoms with Crippen molar-refractivity contribution in [3.05, 3.63) is 30.6 Å². The zero-order valence-electron chi connectivity index (χ0n) is 15.6. The third-order valence-corrected chi connectivity index (χ3v) is 4.05. The molecule has 1 heterocycles. The monoisotopic (exact) mass is 374 g/mol. The van der Waals surface area contributed by atoms with E-state index in [2.05, 4.69) is 42.1 Å². The van der Waals surface area contributed by atoms with Crippen LogP contribution in [0.4, 0.5) is 0 Å². The molecule has 1 aromatic rings. The Morgan fingerprint density at radius 1 is 0.680 bits per heavy atom. The number of rotatable bonds is 13. The Hall–Kier alpha value is -0.980. The average Bonchev–Trinajstić information content (AvgIpc) is 2.55. The van der Waals surface area contributed by atoms with Crippen molar-refractivity contribution < 1.29 is 22.1 Å². The lowest BCUT2D eigenvalue weighted by Gasteiger charge is -2.02. The van der Waals surface area contributed by atoms with E-state index in [0.717, 1.165) is 0 Å². The molecule has 0 aliphatic rings. The van der Waals surface area contributed by atoms with E-state index in [9.17, 15) is 0 Å². The van der Waals surface area contributed by atoms with Gasteiger partial charge in [-0.1, -0.05) is 77.2 Å². The predicted octanol–water partition coefficient (Wildman–Crippen LogP) is 5.02. The molecule has 0 bridgehead atoms. The van der Waals surface area contributed by atoms with Gasteiger partial charge in [0.2, 0.25) is 0 Å². The summed E-state index contributed by atoms with van der Waals surface area (Å²) in [5, 5.41) is 0. The molecule has 0 atom stereocenters. The van der Waals surface area contributed by atoms with Crippen LogP contribution in [0.1, 0.15) is 84.0 Å². The minimum atomic E-state index is -4.67. The Bertz CT molecular complexity index is 483. The summed E-state index contributed by atoms with van der Waals surface area (Å²) in [6.07, 6.45) is 21.4. The van der Waals surface area contributed by atoms with Crippen LogP contribution in [-0.4, -0.2) is 17.5 Å². The maximum atomic E-state index is 8.74. The van der Waals surface area contributed by atoms with Crippen molar-refractivity contribution in [3.63, 3.8) is 0 Å². The maximum Gasteiger partial charge on any atom is 0.394 e. The van der Waals surface area contributed by atoms with E-state index in [4.69, 9.17) is 17.5 Å². The van der Waals surface area contributed by atoms with Gasteiger partial charge in [-0.15, -0.1) is 0 Å². The minimum absolute atomic E-state index is 1.18. The normalized spacial score (nSPS) is 11.0. The Kier molecular flexibility index (Phi) is 15.8. The van der Waals surface area contributed by atoms with E-state index < -0.39 is 10.4 Å². The van der Waals surface area contributed by atoms with Crippen molar-refractivity contribution >= 4 is 10.4 Å². The smallest absolute Gasteiger partial charge is 0.264 e. The first kappa shape index (κ1) is 24.0. The van der Waals surface area contributed by atoms with Gasteiger partial charge in [-0.25, -0.2) is 4.57 Å². The molecule has 0 amide bonds. The van der Waals surface area contributed by atoms with Gasteiger partial charge in [0.1, 0.15) is 6.54 Å². The van der Waals surface area contributed by atoms with E-state index in [1.165, 1.54) is 83.6 Å². The number of nitrogens with zero attached hydrogens (tertiary/aromatic N) is 1. The lowest BCUT2D eigenvalue weighted by atomic mass is 10.1. The summed E-state index contributed by atoms with van der Waals surface area (Å²) in [6.45, 7) is 3.47. The Morgan fingerprint density at radius 2 is 1.04 bits per heavy atom. The molecular formula is C19H36NO4S+. The van der Waals surface area contributed by atoms with Crippen LogP contribution in [0.5, 0.6) is 0 Å². The highest BCUT2D eigenvalue weighted by Crippen LogP contribution is 2.11. The molecular weight excluding hydrogens is 338 g/mol. The van der Waals surface area contributed by atoms with Crippen LogP contribution in [0, 0.1) is 0 Å². The third kappa shape index (κ3) is 23.0. The van der Waals surface area contributed by atoms with E-state index >= 15 is 0 Å². The van der Waals surface area contributed by atoms with E-state index in [1.54, 1.807) is 0 Å². The molecule has 0 fully saturated rings. The molecule has 0 unspecified atom stereocenters. The van der Waals surface area contributed by atoms with Crippen LogP contribution in [0.25, 0.3) is 0 Å². The largest absolute Gasteiger partial charge is 0.394 e. The fraction of sp³-hybridized carbons (Fsp3) is 0.737. The molecule has 25 heavy (non-hydrogen) atoms. The van der Waals surface area contributed by atoms with E-state index in [0.29, 0.717) is 0 Å². The van der Waals surface area contributed by atoms with Crippen LogP contribution in [0.2, 0.25) is 0 Å². The molecule has 6 heteroatoms. The molecule has 0 saturated heterocycles. The van der Waals surface area contributed by atoms with Gasteiger partial charge in [0.15, 0.2) is 12.4 Å². The van der Waals surface area contributed by atoms with Crippen molar-refractivity contribution in [3.8, 4) is 0 Å². The second-order valence-electron chi connectivity index (χ2n) is 6.45. The van der Waals surface area contributed by atoms with Crippen molar-refractivity contribution in [2.45, 2.75) is 90.5 Å². The molecule has 1 aromatic heterocycles. The van der Waals surface area contributed by atoms with Gasteiger partial charge >= 0.3 is 10.4 Å². The molecule has 1 rings (SSSR count). The fourth-order valence-corrected chi connectivity index (χ4v) is 2.72. The quantitative estimate of drug-likeness (QED) is 0.288. The summed E-state index contributed by atoms with van der Waals surface area (Å²) >= 11 is 0. The summed E-state index contributed by atoms with van der Waals surface area (Å²) in [5.41, 5.74) is 0. The number of hydrogen-bond acceptors (Lipinski definition) is 2. The molecule has 0 spiro atoms. The van der Waals surface area contributed by atoms with Crippen molar-refractivity contribution in [2.24, 2.45) is 0 Å². The van der Waals surface area contributed by atoms with Gasteiger partial charge < -0.3 is 0 Å². The van der Waals surface area contributed by atoms with Gasteiger partial charge in [0.05, 0.1) is 0 Å². The summed E-state index contributed by atoms with van der Waals surface area (Å²) in [5.74, 6) is 0. The first-order valence-corrected chi connectivity index (χ1v) is 11.0. The van der Waals surface area contributed by atoms with Gasteiger partial charge in [0.25, 0.3) is 0 Å². The molecule has 0 radical (unpaired) electrons. The summed E-state index contributed by atoms with van der Waals surface area (Å²) in [7, 11) is -4.67. The highest BCUT2D eigenvalue weighted by atomic mass is 32.3. The zero-order chi connectivity index (χ0) is 18.8. The Balaban J connectivity index is 0.00000101. The second-order valence-corrected chi connectivity index (χ2v) is 7.35. The molecule has 0 aliphatic carbocycles. The number of aryl methyl sites for hydroxylation is 1. The van der Waals surface area contributed by atoms with Crippen LogP contribution >= 0.6 is 0 Å².